The molecule has 0 saturated carbocycles. The molecule has 2 N–H and O–H groups in total. The zero-order valence-electron chi connectivity index (χ0n) is 16.4. The highest BCUT2D eigenvalue weighted by Crippen LogP contribution is 2.19. The van der Waals surface area contributed by atoms with Gasteiger partial charge in [0.1, 0.15) is 5.75 Å². The van der Waals surface area contributed by atoms with Crippen LogP contribution in [-0.2, 0) is 13.0 Å². The van der Waals surface area contributed by atoms with Crippen molar-refractivity contribution in [2.24, 2.45) is 4.99 Å². The third-order valence-corrected chi connectivity index (χ3v) is 4.12. The highest BCUT2D eigenvalue weighted by atomic mass is 127. The number of nitro benzene ring substituents is 1. The fraction of sp³-hybridized carbons (Fsp3) is 0.350. The van der Waals surface area contributed by atoms with Gasteiger partial charge in [0, 0.05) is 19.2 Å². The molecule has 2 aromatic rings. The third-order valence-electron chi connectivity index (χ3n) is 4.12. The predicted molar refractivity (Wildman–Crippen MR) is 123 cm³/mol. The molecule has 8 heteroatoms. The average molecular weight is 498 g/mol. The van der Waals surface area contributed by atoms with Gasteiger partial charge < -0.3 is 15.4 Å². The maximum absolute atomic E-state index is 11.1. The zero-order chi connectivity index (χ0) is 19.6. The SMILES string of the molecule is CCNC(=NCc1ccccc1[N+](=O)[O-])NCCc1ccc(C)c(OC)c1.I. The lowest BCUT2D eigenvalue weighted by atomic mass is 10.1. The van der Waals surface area contributed by atoms with Crippen LogP contribution in [0, 0.1) is 17.0 Å². The number of nitrogens with one attached hydrogen (secondary N) is 2. The number of nitro groups is 1. The lowest BCUT2D eigenvalue weighted by molar-refractivity contribution is -0.385. The number of benzene rings is 2. The molecule has 0 saturated heterocycles. The first-order chi connectivity index (χ1) is 13.0. The molecule has 0 fully saturated rings. The summed E-state index contributed by atoms with van der Waals surface area (Å²) in [5, 5.41) is 17.5. The van der Waals surface area contributed by atoms with Crippen LogP contribution in [-0.4, -0.2) is 31.1 Å². The molecule has 152 valence electrons. The van der Waals surface area contributed by atoms with Crippen molar-refractivity contribution in [2.45, 2.75) is 26.8 Å². The van der Waals surface area contributed by atoms with Gasteiger partial charge in [-0.05, 0) is 37.5 Å². The topological polar surface area (TPSA) is 88.8 Å². The van der Waals surface area contributed by atoms with Gasteiger partial charge >= 0.3 is 0 Å². The van der Waals surface area contributed by atoms with Gasteiger partial charge in [0.25, 0.3) is 5.69 Å². The van der Waals surface area contributed by atoms with Crippen LogP contribution in [0.3, 0.4) is 0 Å². The molecule has 2 aromatic carbocycles. The van der Waals surface area contributed by atoms with Crippen molar-refractivity contribution in [1.82, 2.24) is 10.6 Å². The van der Waals surface area contributed by atoms with Crippen molar-refractivity contribution in [2.75, 3.05) is 20.2 Å². The van der Waals surface area contributed by atoms with Crippen LogP contribution < -0.4 is 15.4 Å². The van der Waals surface area contributed by atoms with Gasteiger partial charge in [-0.1, -0.05) is 30.3 Å². The molecule has 0 spiro atoms. The quantitative estimate of drug-likeness (QED) is 0.190. The Labute approximate surface area is 182 Å². The summed E-state index contributed by atoms with van der Waals surface area (Å²) in [4.78, 5) is 15.2. The molecule has 0 atom stereocenters. The Morgan fingerprint density at radius 2 is 1.96 bits per heavy atom. The van der Waals surface area contributed by atoms with Gasteiger partial charge in [0.05, 0.1) is 24.1 Å². The Bertz CT molecular complexity index is 812. The summed E-state index contributed by atoms with van der Waals surface area (Å²) < 4.78 is 5.36. The normalized spacial score (nSPS) is 10.8. The number of halogens is 1. The van der Waals surface area contributed by atoms with Crippen molar-refractivity contribution in [3.8, 4) is 5.75 Å². The molecule has 7 nitrogen and oxygen atoms in total. The highest BCUT2D eigenvalue weighted by molar-refractivity contribution is 14.0. The summed E-state index contributed by atoms with van der Waals surface area (Å²) in [6.07, 6.45) is 0.812. The van der Waals surface area contributed by atoms with Crippen LogP contribution in [0.5, 0.6) is 5.75 Å². The number of hydrogen-bond donors (Lipinski definition) is 2. The number of hydrogen-bond acceptors (Lipinski definition) is 4. The van der Waals surface area contributed by atoms with E-state index in [4.69, 9.17) is 4.74 Å². The van der Waals surface area contributed by atoms with E-state index in [1.54, 1.807) is 25.3 Å². The van der Waals surface area contributed by atoms with Crippen LogP contribution >= 0.6 is 24.0 Å². The van der Waals surface area contributed by atoms with Gasteiger partial charge in [0.2, 0.25) is 0 Å². The minimum Gasteiger partial charge on any atom is -0.496 e. The van der Waals surface area contributed by atoms with Gasteiger partial charge in [-0.3, -0.25) is 10.1 Å². The molecule has 0 radical (unpaired) electrons. The highest BCUT2D eigenvalue weighted by Gasteiger charge is 2.11. The van der Waals surface area contributed by atoms with Gasteiger partial charge in [-0.15, -0.1) is 24.0 Å². The van der Waals surface area contributed by atoms with Gasteiger partial charge in [-0.25, -0.2) is 4.99 Å². The fourth-order valence-electron chi connectivity index (χ4n) is 2.67. The lowest BCUT2D eigenvalue weighted by Crippen LogP contribution is -2.38. The first kappa shape index (κ1) is 23.7. The van der Waals surface area contributed by atoms with Gasteiger partial charge in [-0.2, -0.15) is 0 Å². The fourth-order valence-corrected chi connectivity index (χ4v) is 2.67. The Hall–Kier alpha value is -2.36. The molecule has 2 rings (SSSR count). The summed E-state index contributed by atoms with van der Waals surface area (Å²) >= 11 is 0. The van der Waals surface area contributed by atoms with E-state index >= 15 is 0 Å². The maximum Gasteiger partial charge on any atom is 0.274 e. The summed E-state index contributed by atoms with van der Waals surface area (Å²) in [6.45, 7) is 5.63. The molecule has 0 aromatic heterocycles. The number of ether oxygens (including phenoxy) is 1. The molecular weight excluding hydrogens is 471 g/mol. The maximum atomic E-state index is 11.1. The Morgan fingerprint density at radius 1 is 1.21 bits per heavy atom. The smallest absolute Gasteiger partial charge is 0.274 e. The summed E-state index contributed by atoms with van der Waals surface area (Å²) in [6, 6.07) is 12.8. The van der Waals surface area contributed by atoms with Crippen molar-refractivity contribution < 1.29 is 9.66 Å². The standard InChI is InChI=1S/C20H26N4O3.HI/c1-4-21-20(23-14-17-7-5-6-8-18(17)24(25)26)22-12-11-16-10-9-15(2)19(13-16)27-3;/h5-10,13H,4,11-12,14H2,1-3H3,(H2,21,22,23);1H. The summed E-state index contributed by atoms with van der Waals surface area (Å²) in [7, 11) is 1.67. The second-order valence-electron chi connectivity index (χ2n) is 6.06. The molecule has 0 aliphatic rings. The van der Waals surface area contributed by atoms with Crippen molar-refractivity contribution >= 4 is 35.6 Å². The van der Waals surface area contributed by atoms with Crippen LogP contribution in [0.4, 0.5) is 5.69 Å². The van der Waals surface area contributed by atoms with E-state index in [0.717, 1.165) is 17.7 Å². The number of guanidine groups is 1. The molecule has 0 bridgehead atoms. The molecule has 28 heavy (non-hydrogen) atoms. The molecule has 0 amide bonds. The van der Waals surface area contributed by atoms with Crippen LogP contribution in [0.1, 0.15) is 23.6 Å². The number of nitrogens with zero attached hydrogens (tertiary/aromatic N) is 2. The van der Waals surface area contributed by atoms with Crippen LogP contribution in [0.15, 0.2) is 47.5 Å². The Kier molecular flexibility index (Phi) is 10.3. The monoisotopic (exact) mass is 498 g/mol. The van der Waals surface area contributed by atoms with E-state index in [-0.39, 0.29) is 41.1 Å². The molecular formula is C20H27IN4O3. The second-order valence-corrected chi connectivity index (χ2v) is 6.06. The van der Waals surface area contributed by atoms with E-state index < -0.39 is 0 Å². The van der Waals surface area contributed by atoms with E-state index in [1.807, 2.05) is 26.0 Å². The van der Waals surface area contributed by atoms with Gasteiger partial charge in [0.15, 0.2) is 5.96 Å². The largest absolute Gasteiger partial charge is 0.496 e. The van der Waals surface area contributed by atoms with E-state index in [2.05, 4.69) is 21.7 Å². The number of aliphatic imine (C=N–C) groups is 1. The summed E-state index contributed by atoms with van der Waals surface area (Å²) in [5.74, 6) is 1.51. The third kappa shape index (κ3) is 6.99. The number of para-hydroxylation sites is 1. The second kappa shape index (κ2) is 12.2. The average Bonchev–Trinajstić information content (AvgIpc) is 2.67. The number of methoxy groups -OCH3 is 1. The molecule has 0 unspecified atom stereocenters. The minimum atomic E-state index is -0.379. The first-order valence-electron chi connectivity index (χ1n) is 8.93. The molecule has 0 aliphatic heterocycles. The number of aryl methyl sites for hydroxylation is 1. The Morgan fingerprint density at radius 3 is 2.64 bits per heavy atom. The molecule has 0 aliphatic carbocycles. The predicted octanol–water partition coefficient (Wildman–Crippen LogP) is 3.83. The lowest BCUT2D eigenvalue weighted by Gasteiger charge is -2.12. The molecule has 0 heterocycles. The van der Waals surface area contributed by atoms with Crippen molar-refractivity contribution in [3.63, 3.8) is 0 Å². The van der Waals surface area contributed by atoms with Crippen molar-refractivity contribution in [1.29, 1.82) is 0 Å². The number of rotatable bonds is 8. The zero-order valence-corrected chi connectivity index (χ0v) is 18.7. The Balaban J connectivity index is 0.00000392. The minimum absolute atomic E-state index is 0. The summed E-state index contributed by atoms with van der Waals surface area (Å²) in [5.41, 5.74) is 2.94. The van der Waals surface area contributed by atoms with Crippen LogP contribution in [0.2, 0.25) is 0 Å². The van der Waals surface area contributed by atoms with E-state index in [1.165, 1.54) is 11.6 Å². The first-order valence-corrected chi connectivity index (χ1v) is 8.93. The van der Waals surface area contributed by atoms with E-state index in [9.17, 15) is 10.1 Å². The van der Waals surface area contributed by atoms with E-state index in [0.29, 0.717) is 24.6 Å². The van der Waals surface area contributed by atoms with Crippen LogP contribution in [0.25, 0.3) is 0 Å². The van der Waals surface area contributed by atoms with Crippen molar-refractivity contribution in [3.05, 3.63) is 69.3 Å².